The second kappa shape index (κ2) is 8.61. The van der Waals surface area contributed by atoms with Gasteiger partial charge in [0.05, 0.1) is 0 Å². The molecule has 138 valence electrons. The summed E-state index contributed by atoms with van der Waals surface area (Å²) in [4.78, 5) is 23.4. The van der Waals surface area contributed by atoms with Gasteiger partial charge in [-0.05, 0) is 37.1 Å². The van der Waals surface area contributed by atoms with Crippen LogP contribution in [0.2, 0.25) is 0 Å². The predicted octanol–water partition coefficient (Wildman–Crippen LogP) is 2.58. The molecule has 2 aromatic carbocycles. The highest BCUT2D eigenvalue weighted by atomic mass is 16.5. The topological polar surface area (TPSA) is 134 Å². The van der Waals surface area contributed by atoms with Crippen molar-refractivity contribution in [2.24, 2.45) is 0 Å². The lowest BCUT2D eigenvalue weighted by Gasteiger charge is -2.06. The van der Waals surface area contributed by atoms with Gasteiger partial charge in [0, 0.05) is 25.0 Å². The van der Waals surface area contributed by atoms with Gasteiger partial charge in [0.25, 0.3) is 0 Å². The van der Waals surface area contributed by atoms with Crippen molar-refractivity contribution >= 4 is 11.9 Å². The van der Waals surface area contributed by atoms with Gasteiger partial charge in [-0.15, -0.1) is 0 Å². The summed E-state index contributed by atoms with van der Waals surface area (Å²) in [7, 11) is 0. The number of phenolic OH excluding ortho intramolecular Hbond substituents is 4. The first-order valence-electron chi connectivity index (χ1n) is 7.80. The highest BCUT2D eigenvalue weighted by Crippen LogP contribution is 2.29. The second-order valence-electron chi connectivity index (χ2n) is 5.46. The van der Waals surface area contributed by atoms with Gasteiger partial charge in [-0.2, -0.15) is 0 Å². The van der Waals surface area contributed by atoms with Crippen molar-refractivity contribution in [3.8, 4) is 34.5 Å². The average molecular weight is 362 g/mol. The van der Waals surface area contributed by atoms with Crippen LogP contribution in [0.3, 0.4) is 0 Å². The Bertz CT molecular complexity index is 732. The molecular weight excluding hydrogens is 344 g/mol. The van der Waals surface area contributed by atoms with Gasteiger partial charge < -0.3 is 29.9 Å². The number of hydrogen-bond donors (Lipinski definition) is 4. The monoisotopic (exact) mass is 362 g/mol. The molecule has 0 saturated heterocycles. The molecule has 0 fully saturated rings. The molecule has 0 aliphatic heterocycles. The molecule has 2 aromatic rings. The summed E-state index contributed by atoms with van der Waals surface area (Å²) < 4.78 is 10.00. The summed E-state index contributed by atoms with van der Waals surface area (Å²) in [5.41, 5.74) is 0. The van der Waals surface area contributed by atoms with Crippen LogP contribution in [0.4, 0.5) is 0 Å². The van der Waals surface area contributed by atoms with Gasteiger partial charge in [-0.25, -0.2) is 0 Å². The Morgan fingerprint density at radius 3 is 1.38 bits per heavy atom. The van der Waals surface area contributed by atoms with Crippen LogP contribution in [-0.2, 0) is 9.59 Å². The quantitative estimate of drug-likeness (QED) is 0.256. The Labute approximate surface area is 148 Å². The summed E-state index contributed by atoms with van der Waals surface area (Å²) >= 11 is 0. The summed E-state index contributed by atoms with van der Waals surface area (Å²) in [5, 5.41) is 37.0. The molecule has 0 amide bonds. The number of rotatable bonds is 7. The van der Waals surface area contributed by atoms with Gasteiger partial charge in [0.15, 0.2) is 23.0 Å². The van der Waals surface area contributed by atoms with Crippen LogP contribution >= 0.6 is 0 Å². The first-order chi connectivity index (χ1) is 12.3. The number of carbonyl (C=O) groups excluding carboxylic acids is 2. The van der Waals surface area contributed by atoms with Gasteiger partial charge >= 0.3 is 11.9 Å². The average Bonchev–Trinajstić information content (AvgIpc) is 2.58. The minimum atomic E-state index is -0.535. The fourth-order valence-electron chi connectivity index (χ4n) is 2.04. The Balaban J connectivity index is 1.68. The van der Waals surface area contributed by atoms with E-state index < -0.39 is 23.4 Å². The van der Waals surface area contributed by atoms with Gasteiger partial charge in [-0.1, -0.05) is 0 Å². The van der Waals surface area contributed by atoms with Crippen molar-refractivity contribution in [3.63, 3.8) is 0 Å². The number of esters is 2. The summed E-state index contributed by atoms with van der Waals surface area (Å²) in [6.45, 7) is 0. The number of phenols is 4. The third kappa shape index (κ3) is 5.59. The smallest absolute Gasteiger partial charge is 0.311 e. The number of carbonyl (C=O) groups is 2. The van der Waals surface area contributed by atoms with Crippen molar-refractivity contribution in [2.75, 3.05) is 0 Å². The number of aromatic hydroxyl groups is 4. The molecule has 0 spiro atoms. The van der Waals surface area contributed by atoms with E-state index >= 15 is 0 Å². The van der Waals surface area contributed by atoms with Crippen LogP contribution in [0, 0.1) is 0 Å². The van der Waals surface area contributed by atoms with E-state index in [1.165, 1.54) is 24.3 Å². The molecule has 0 aliphatic carbocycles. The molecular formula is C18H18O8. The van der Waals surface area contributed by atoms with Crippen LogP contribution in [0.5, 0.6) is 34.5 Å². The van der Waals surface area contributed by atoms with E-state index in [1.54, 1.807) is 0 Å². The highest BCUT2D eigenvalue weighted by molar-refractivity contribution is 5.74. The van der Waals surface area contributed by atoms with Crippen molar-refractivity contribution in [2.45, 2.75) is 25.7 Å². The van der Waals surface area contributed by atoms with Gasteiger partial charge in [0.1, 0.15) is 11.5 Å². The van der Waals surface area contributed by atoms with E-state index in [9.17, 15) is 30.0 Å². The normalized spacial score (nSPS) is 10.3. The summed E-state index contributed by atoms with van der Waals surface area (Å²) in [6.07, 6.45) is 0.904. The number of hydrogen-bond acceptors (Lipinski definition) is 8. The fraction of sp³-hybridized carbons (Fsp3) is 0.222. The number of ether oxygens (including phenoxy) is 2. The molecule has 0 aromatic heterocycles. The lowest BCUT2D eigenvalue weighted by atomic mass is 10.2. The molecule has 8 heteroatoms. The van der Waals surface area contributed by atoms with Crippen molar-refractivity contribution < 1.29 is 39.5 Å². The number of unbranched alkanes of at least 4 members (excludes halogenated alkanes) is 1. The molecule has 0 heterocycles. The highest BCUT2D eigenvalue weighted by Gasteiger charge is 2.10. The van der Waals surface area contributed by atoms with Crippen molar-refractivity contribution in [1.82, 2.24) is 0 Å². The maximum atomic E-state index is 11.7. The standard InChI is InChI=1S/C18H18O8/c19-13-7-5-11(9-15(13)21)25-17(23)3-1-2-4-18(24)26-12-6-8-14(20)16(22)10-12/h5-10,19-22H,1-4H2. The first kappa shape index (κ1) is 18.9. The SMILES string of the molecule is O=C(CCCCC(=O)Oc1ccc(O)c(O)c1)Oc1ccc(O)c(O)c1. The third-order valence-electron chi connectivity index (χ3n) is 3.37. The zero-order chi connectivity index (χ0) is 19.1. The molecule has 0 atom stereocenters. The summed E-state index contributed by atoms with van der Waals surface area (Å²) in [5.74, 6) is -2.26. The molecule has 0 radical (unpaired) electrons. The van der Waals surface area contributed by atoms with E-state index in [0.717, 1.165) is 12.1 Å². The first-order valence-corrected chi connectivity index (χ1v) is 7.80. The van der Waals surface area contributed by atoms with Crippen molar-refractivity contribution in [3.05, 3.63) is 36.4 Å². The molecule has 26 heavy (non-hydrogen) atoms. The second-order valence-corrected chi connectivity index (χ2v) is 5.46. The Kier molecular flexibility index (Phi) is 6.26. The van der Waals surface area contributed by atoms with Crippen LogP contribution < -0.4 is 9.47 Å². The van der Waals surface area contributed by atoms with Crippen LogP contribution in [0.1, 0.15) is 25.7 Å². The van der Waals surface area contributed by atoms with E-state index in [1.807, 2.05) is 0 Å². The fourth-order valence-corrected chi connectivity index (χ4v) is 2.04. The lowest BCUT2D eigenvalue weighted by Crippen LogP contribution is -2.10. The molecule has 0 unspecified atom stereocenters. The van der Waals surface area contributed by atoms with E-state index in [0.29, 0.717) is 12.8 Å². The molecule has 8 nitrogen and oxygen atoms in total. The molecule has 0 bridgehead atoms. The molecule has 0 saturated carbocycles. The molecule has 0 aliphatic rings. The van der Waals surface area contributed by atoms with Crippen molar-refractivity contribution in [1.29, 1.82) is 0 Å². The lowest BCUT2D eigenvalue weighted by molar-refractivity contribution is -0.136. The van der Waals surface area contributed by atoms with E-state index in [2.05, 4.69) is 0 Å². The Morgan fingerprint density at radius 1 is 0.654 bits per heavy atom. The van der Waals surface area contributed by atoms with Crippen LogP contribution in [0.25, 0.3) is 0 Å². The predicted molar refractivity (Wildman–Crippen MR) is 89.3 cm³/mol. The van der Waals surface area contributed by atoms with E-state index in [4.69, 9.17) is 9.47 Å². The van der Waals surface area contributed by atoms with Gasteiger partial charge in [0.2, 0.25) is 0 Å². The maximum absolute atomic E-state index is 11.7. The Morgan fingerprint density at radius 2 is 1.04 bits per heavy atom. The maximum Gasteiger partial charge on any atom is 0.311 e. The zero-order valence-electron chi connectivity index (χ0n) is 13.7. The van der Waals surface area contributed by atoms with Crippen LogP contribution in [-0.4, -0.2) is 32.4 Å². The third-order valence-corrected chi connectivity index (χ3v) is 3.37. The largest absolute Gasteiger partial charge is 0.504 e. The zero-order valence-corrected chi connectivity index (χ0v) is 13.7. The van der Waals surface area contributed by atoms with Gasteiger partial charge in [-0.3, -0.25) is 9.59 Å². The van der Waals surface area contributed by atoms with Crippen LogP contribution in [0.15, 0.2) is 36.4 Å². The molecule has 2 rings (SSSR count). The summed E-state index contributed by atoms with van der Waals surface area (Å²) in [6, 6.07) is 7.34. The Hall–Kier alpha value is -3.42. The number of benzene rings is 2. The minimum Gasteiger partial charge on any atom is -0.504 e. The minimum absolute atomic E-state index is 0.0644. The molecule has 4 N–H and O–H groups in total. The van der Waals surface area contributed by atoms with E-state index in [-0.39, 0.29) is 35.8 Å².